The highest BCUT2D eigenvalue weighted by atomic mass is 16.4. The number of hydrogen-bond acceptors (Lipinski definition) is 7. The standard InChI is InChI=1S/C28H36N4O8/c1-16(2)12-23(28(39)40)32-27(38)22(13-17-6-4-3-5-7-17)31-26(37)21(14-18-8-10-19(33)11-9-18)30-25(36)20(29)15-24(34)35/h3-11,16,20-23,33H,12-15,29H2,1-2H3,(H,30,36)(H,31,37)(H,32,38)(H,34,35)(H,39,40)/t20-,21-,22-,23-/m0/s1. The summed E-state index contributed by atoms with van der Waals surface area (Å²) in [5.74, 6) is -4.91. The van der Waals surface area contributed by atoms with E-state index < -0.39 is 60.2 Å². The molecule has 0 aliphatic rings. The Labute approximate surface area is 232 Å². The van der Waals surface area contributed by atoms with Crippen LogP contribution < -0.4 is 21.7 Å². The molecule has 0 aromatic heterocycles. The zero-order chi connectivity index (χ0) is 29.8. The number of hydrogen-bond donors (Lipinski definition) is 7. The molecule has 2 aromatic carbocycles. The first-order valence-corrected chi connectivity index (χ1v) is 12.8. The van der Waals surface area contributed by atoms with Gasteiger partial charge in [0.15, 0.2) is 0 Å². The Morgan fingerprint density at radius 3 is 1.68 bits per heavy atom. The Bertz CT molecular complexity index is 1170. The zero-order valence-corrected chi connectivity index (χ0v) is 22.4. The molecule has 8 N–H and O–H groups in total. The van der Waals surface area contributed by atoms with Gasteiger partial charge in [-0.3, -0.25) is 19.2 Å². The topological polar surface area (TPSA) is 208 Å². The summed E-state index contributed by atoms with van der Waals surface area (Å²) in [6.45, 7) is 3.63. The monoisotopic (exact) mass is 556 g/mol. The predicted molar refractivity (Wildman–Crippen MR) is 145 cm³/mol. The van der Waals surface area contributed by atoms with Crippen molar-refractivity contribution in [2.75, 3.05) is 0 Å². The van der Waals surface area contributed by atoms with Crippen LogP contribution in [0.3, 0.4) is 0 Å². The van der Waals surface area contributed by atoms with Crippen LogP contribution in [0.2, 0.25) is 0 Å². The van der Waals surface area contributed by atoms with E-state index in [1.165, 1.54) is 24.3 Å². The minimum Gasteiger partial charge on any atom is -0.508 e. The van der Waals surface area contributed by atoms with Crippen LogP contribution in [0.15, 0.2) is 54.6 Å². The number of benzene rings is 2. The molecule has 4 atom stereocenters. The number of amides is 3. The second-order valence-electron chi connectivity index (χ2n) is 9.92. The highest BCUT2D eigenvalue weighted by Crippen LogP contribution is 2.13. The molecule has 0 saturated heterocycles. The van der Waals surface area contributed by atoms with Gasteiger partial charge in [-0.2, -0.15) is 0 Å². The molecule has 3 amide bonds. The number of nitrogens with one attached hydrogen (secondary N) is 3. The van der Waals surface area contributed by atoms with Crippen molar-refractivity contribution in [2.24, 2.45) is 11.7 Å². The van der Waals surface area contributed by atoms with Gasteiger partial charge in [0.1, 0.15) is 23.9 Å². The lowest BCUT2D eigenvalue weighted by Crippen LogP contribution is -2.58. The van der Waals surface area contributed by atoms with Crippen molar-refractivity contribution in [3.05, 3.63) is 65.7 Å². The average molecular weight is 557 g/mol. The summed E-state index contributed by atoms with van der Waals surface area (Å²) >= 11 is 0. The van der Waals surface area contributed by atoms with E-state index in [4.69, 9.17) is 10.8 Å². The highest BCUT2D eigenvalue weighted by molar-refractivity contribution is 5.95. The van der Waals surface area contributed by atoms with Gasteiger partial charge in [-0.1, -0.05) is 56.3 Å². The molecular weight excluding hydrogens is 520 g/mol. The van der Waals surface area contributed by atoms with Crippen LogP contribution in [0, 0.1) is 5.92 Å². The van der Waals surface area contributed by atoms with E-state index in [-0.39, 0.29) is 30.9 Å². The Balaban J connectivity index is 2.32. The number of carbonyl (C=O) groups is 5. The van der Waals surface area contributed by atoms with E-state index >= 15 is 0 Å². The largest absolute Gasteiger partial charge is 0.508 e. The van der Waals surface area contributed by atoms with Gasteiger partial charge in [-0.05, 0) is 35.6 Å². The van der Waals surface area contributed by atoms with E-state index in [0.29, 0.717) is 11.1 Å². The minimum absolute atomic E-state index is 0.00811. The molecule has 0 unspecified atom stereocenters. The van der Waals surface area contributed by atoms with Crippen LogP contribution in [0.5, 0.6) is 5.75 Å². The predicted octanol–water partition coefficient (Wildman–Crippen LogP) is 0.565. The molecule has 0 bridgehead atoms. The molecule has 0 saturated carbocycles. The molecule has 0 fully saturated rings. The fraction of sp³-hybridized carbons (Fsp3) is 0.393. The molecule has 2 rings (SSSR count). The van der Waals surface area contributed by atoms with Crippen LogP contribution >= 0.6 is 0 Å². The zero-order valence-electron chi connectivity index (χ0n) is 22.4. The van der Waals surface area contributed by atoms with Crippen LogP contribution in [-0.2, 0) is 36.8 Å². The van der Waals surface area contributed by atoms with Crippen molar-refractivity contribution in [1.29, 1.82) is 0 Å². The van der Waals surface area contributed by atoms with Crippen molar-refractivity contribution in [3.63, 3.8) is 0 Å². The molecule has 40 heavy (non-hydrogen) atoms. The third-order valence-corrected chi connectivity index (χ3v) is 5.98. The van der Waals surface area contributed by atoms with Crippen LogP contribution in [-0.4, -0.2) is 69.1 Å². The van der Waals surface area contributed by atoms with E-state index in [9.17, 15) is 34.2 Å². The SMILES string of the molecule is CC(C)C[C@H](NC(=O)[C@H](Cc1ccccc1)NC(=O)[C@H](Cc1ccc(O)cc1)NC(=O)[C@@H](N)CC(=O)O)C(=O)O. The maximum atomic E-state index is 13.5. The number of phenols is 1. The summed E-state index contributed by atoms with van der Waals surface area (Å²) in [5.41, 5.74) is 6.93. The maximum absolute atomic E-state index is 13.5. The molecule has 0 aliphatic carbocycles. The van der Waals surface area contributed by atoms with Crippen LogP contribution in [0.25, 0.3) is 0 Å². The molecule has 12 nitrogen and oxygen atoms in total. The Hall–Kier alpha value is -4.45. The average Bonchev–Trinajstić information content (AvgIpc) is 2.88. The summed E-state index contributed by atoms with van der Waals surface area (Å²) in [6.07, 6.45) is -0.522. The van der Waals surface area contributed by atoms with Gasteiger partial charge in [0.25, 0.3) is 0 Å². The fourth-order valence-corrected chi connectivity index (χ4v) is 3.93. The third kappa shape index (κ3) is 10.7. The summed E-state index contributed by atoms with van der Waals surface area (Å²) in [7, 11) is 0. The number of aromatic hydroxyl groups is 1. The number of carbonyl (C=O) groups excluding carboxylic acids is 3. The van der Waals surface area contributed by atoms with Crippen molar-refractivity contribution < 1.29 is 39.3 Å². The maximum Gasteiger partial charge on any atom is 0.326 e. The summed E-state index contributed by atoms with van der Waals surface area (Å²) < 4.78 is 0. The van der Waals surface area contributed by atoms with Gasteiger partial charge in [0.2, 0.25) is 17.7 Å². The number of nitrogens with two attached hydrogens (primary N) is 1. The first kappa shape index (κ1) is 31.8. The first-order valence-electron chi connectivity index (χ1n) is 12.8. The lowest BCUT2D eigenvalue weighted by atomic mass is 10.0. The molecule has 12 heteroatoms. The summed E-state index contributed by atoms with van der Waals surface area (Å²) in [5, 5.41) is 35.7. The van der Waals surface area contributed by atoms with Gasteiger partial charge in [0, 0.05) is 12.8 Å². The lowest BCUT2D eigenvalue weighted by molar-refractivity contribution is -0.142. The van der Waals surface area contributed by atoms with Crippen LogP contribution in [0.1, 0.15) is 37.8 Å². The van der Waals surface area contributed by atoms with E-state index in [0.717, 1.165) is 0 Å². The lowest BCUT2D eigenvalue weighted by Gasteiger charge is -2.26. The van der Waals surface area contributed by atoms with Crippen molar-refractivity contribution in [3.8, 4) is 5.75 Å². The number of aliphatic carboxylic acids is 2. The summed E-state index contributed by atoms with van der Waals surface area (Å²) in [6, 6.07) is 9.58. The summed E-state index contributed by atoms with van der Waals surface area (Å²) in [4.78, 5) is 62.1. The number of carboxylic acid groups (broad SMARTS) is 2. The molecule has 216 valence electrons. The Morgan fingerprint density at radius 1 is 0.725 bits per heavy atom. The Kier molecular flexibility index (Phi) is 12.1. The number of phenolic OH excluding ortho intramolecular Hbond substituents is 1. The second kappa shape index (κ2) is 15.2. The van der Waals surface area contributed by atoms with Gasteiger partial charge < -0.3 is 37.0 Å². The third-order valence-electron chi connectivity index (χ3n) is 5.98. The fourth-order valence-electron chi connectivity index (χ4n) is 3.93. The van der Waals surface area contributed by atoms with E-state index in [1.807, 2.05) is 13.8 Å². The smallest absolute Gasteiger partial charge is 0.326 e. The molecule has 0 radical (unpaired) electrons. The molecule has 0 heterocycles. The quantitative estimate of drug-likeness (QED) is 0.163. The van der Waals surface area contributed by atoms with Gasteiger partial charge in [0.05, 0.1) is 12.5 Å². The molecule has 0 aliphatic heterocycles. The van der Waals surface area contributed by atoms with E-state index in [1.54, 1.807) is 30.3 Å². The normalized spacial score (nSPS) is 13.9. The molecule has 0 spiro atoms. The number of rotatable bonds is 15. The van der Waals surface area contributed by atoms with Crippen molar-refractivity contribution >= 4 is 29.7 Å². The molecule has 2 aromatic rings. The van der Waals surface area contributed by atoms with Gasteiger partial charge >= 0.3 is 11.9 Å². The highest BCUT2D eigenvalue weighted by Gasteiger charge is 2.31. The minimum atomic E-state index is -1.43. The second-order valence-corrected chi connectivity index (χ2v) is 9.92. The van der Waals surface area contributed by atoms with Crippen molar-refractivity contribution in [1.82, 2.24) is 16.0 Å². The number of carboxylic acids is 2. The molecular formula is C28H36N4O8. The van der Waals surface area contributed by atoms with E-state index in [2.05, 4.69) is 16.0 Å². The van der Waals surface area contributed by atoms with Gasteiger partial charge in [-0.15, -0.1) is 0 Å². The first-order chi connectivity index (χ1) is 18.8. The Morgan fingerprint density at radius 2 is 1.20 bits per heavy atom. The van der Waals surface area contributed by atoms with Gasteiger partial charge in [-0.25, -0.2) is 4.79 Å². The van der Waals surface area contributed by atoms with Crippen molar-refractivity contribution in [2.45, 2.75) is 63.7 Å². The van der Waals surface area contributed by atoms with Crippen LogP contribution in [0.4, 0.5) is 0 Å².